The van der Waals surface area contributed by atoms with E-state index in [1.54, 1.807) is 7.11 Å². The van der Waals surface area contributed by atoms with Crippen molar-refractivity contribution in [1.82, 2.24) is 10.2 Å². The first-order valence-electron chi connectivity index (χ1n) is 8.57. The SMILES string of the molecule is COc1cccc(C(CNCc2cccc3c2OCCO3)N(C)C)c1. The van der Waals surface area contributed by atoms with Crippen molar-refractivity contribution in [1.29, 1.82) is 0 Å². The van der Waals surface area contributed by atoms with E-state index in [0.29, 0.717) is 13.2 Å². The summed E-state index contributed by atoms with van der Waals surface area (Å²) in [6.07, 6.45) is 0. The van der Waals surface area contributed by atoms with Crippen LogP contribution in [0.3, 0.4) is 0 Å². The molecule has 5 heteroatoms. The van der Waals surface area contributed by atoms with Crippen LogP contribution >= 0.6 is 0 Å². The Kier molecular flexibility index (Phi) is 5.79. The van der Waals surface area contributed by atoms with Crippen LogP contribution in [0, 0.1) is 0 Å². The highest BCUT2D eigenvalue weighted by Gasteiger charge is 2.17. The van der Waals surface area contributed by atoms with E-state index in [0.717, 1.165) is 35.9 Å². The lowest BCUT2D eigenvalue weighted by molar-refractivity contribution is 0.169. The molecule has 25 heavy (non-hydrogen) atoms. The van der Waals surface area contributed by atoms with Crippen molar-refractivity contribution in [3.8, 4) is 17.2 Å². The van der Waals surface area contributed by atoms with Gasteiger partial charge in [-0.25, -0.2) is 0 Å². The largest absolute Gasteiger partial charge is 0.497 e. The van der Waals surface area contributed by atoms with Crippen LogP contribution in [0.2, 0.25) is 0 Å². The zero-order chi connectivity index (χ0) is 17.6. The molecule has 1 heterocycles. The van der Waals surface area contributed by atoms with Gasteiger partial charge in [0.1, 0.15) is 19.0 Å². The Morgan fingerprint density at radius 1 is 1.12 bits per heavy atom. The molecule has 0 fully saturated rings. The number of para-hydroxylation sites is 1. The number of hydrogen-bond acceptors (Lipinski definition) is 5. The monoisotopic (exact) mass is 342 g/mol. The molecular formula is C20H26N2O3. The van der Waals surface area contributed by atoms with Crippen LogP contribution in [0.15, 0.2) is 42.5 Å². The summed E-state index contributed by atoms with van der Waals surface area (Å²) < 4.78 is 16.8. The molecule has 134 valence electrons. The van der Waals surface area contributed by atoms with Crippen LogP contribution in [0.5, 0.6) is 17.2 Å². The van der Waals surface area contributed by atoms with Gasteiger partial charge in [-0.05, 0) is 37.9 Å². The second kappa shape index (κ2) is 8.23. The summed E-state index contributed by atoms with van der Waals surface area (Å²) in [5.74, 6) is 2.58. The number of fused-ring (bicyclic) bond motifs is 1. The van der Waals surface area contributed by atoms with Crippen LogP contribution in [-0.2, 0) is 6.54 Å². The third-order valence-corrected chi connectivity index (χ3v) is 4.40. The summed E-state index contributed by atoms with van der Waals surface area (Å²) in [6.45, 7) is 2.78. The smallest absolute Gasteiger partial charge is 0.165 e. The van der Waals surface area contributed by atoms with Crippen molar-refractivity contribution in [3.05, 3.63) is 53.6 Å². The number of likely N-dealkylation sites (N-methyl/N-ethyl adjacent to an activating group) is 1. The summed E-state index contributed by atoms with van der Waals surface area (Å²) in [6, 6.07) is 14.5. The van der Waals surface area contributed by atoms with Gasteiger partial charge in [-0.2, -0.15) is 0 Å². The minimum absolute atomic E-state index is 0.256. The van der Waals surface area contributed by atoms with Gasteiger partial charge in [-0.3, -0.25) is 0 Å². The van der Waals surface area contributed by atoms with E-state index in [9.17, 15) is 0 Å². The molecule has 0 saturated carbocycles. The summed E-state index contributed by atoms with van der Waals surface area (Å²) in [5, 5.41) is 3.55. The minimum Gasteiger partial charge on any atom is -0.497 e. The summed E-state index contributed by atoms with van der Waals surface area (Å²) >= 11 is 0. The lowest BCUT2D eigenvalue weighted by Gasteiger charge is -2.26. The second-order valence-corrected chi connectivity index (χ2v) is 6.33. The fraction of sp³-hybridized carbons (Fsp3) is 0.400. The number of nitrogens with one attached hydrogen (secondary N) is 1. The van der Waals surface area contributed by atoms with Crippen molar-refractivity contribution in [2.45, 2.75) is 12.6 Å². The molecule has 2 aromatic rings. The van der Waals surface area contributed by atoms with E-state index in [4.69, 9.17) is 14.2 Å². The van der Waals surface area contributed by atoms with Crippen molar-refractivity contribution in [3.63, 3.8) is 0 Å². The Morgan fingerprint density at radius 3 is 2.72 bits per heavy atom. The average Bonchev–Trinajstić information content (AvgIpc) is 2.65. The fourth-order valence-corrected chi connectivity index (χ4v) is 3.06. The molecule has 1 N–H and O–H groups in total. The molecule has 1 unspecified atom stereocenters. The van der Waals surface area contributed by atoms with Crippen LogP contribution < -0.4 is 19.5 Å². The molecule has 0 aliphatic carbocycles. The predicted octanol–water partition coefficient (Wildman–Crippen LogP) is 2.86. The number of ether oxygens (including phenoxy) is 3. The van der Waals surface area contributed by atoms with Crippen LogP contribution in [0.4, 0.5) is 0 Å². The molecule has 0 amide bonds. The highest BCUT2D eigenvalue weighted by Crippen LogP contribution is 2.33. The molecule has 1 aliphatic heterocycles. The van der Waals surface area contributed by atoms with Gasteiger partial charge in [0, 0.05) is 24.7 Å². The Labute approximate surface area is 149 Å². The lowest BCUT2D eigenvalue weighted by Crippen LogP contribution is -2.31. The Balaban J connectivity index is 1.66. The molecule has 0 aromatic heterocycles. The Morgan fingerprint density at radius 2 is 1.92 bits per heavy atom. The number of methoxy groups -OCH3 is 1. The third-order valence-electron chi connectivity index (χ3n) is 4.40. The maximum Gasteiger partial charge on any atom is 0.165 e. The minimum atomic E-state index is 0.256. The molecule has 1 atom stereocenters. The molecule has 2 aromatic carbocycles. The van der Waals surface area contributed by atoms with Crippen LogP contribution in [0.25, 0.3) is 0 Å². The van der Waals surface area contributed by atoms with Crippen molar-refractivity contribution < 1.29 is 14.2 Å². The maximum absolute atomic E-state index is 5.78. The molecule has 5 nitrogen and oxygen atoms in total. The van der Waals surface area contributed by atoms with E-state index in [-0.39, 0.29) is 6.04 Å². The molecule has 3 rings (SSSR count). The van der Waals surface area contributed by atoms with E-state index >= 15 is 0 Å². The van der Waals surface area contributed by atoms with Crippen molar-refractivity contribution in [2.75, 3.05) is 41.0 Å². The topological polar surface area (TPSA) is 43.0 Å². The lowest BCUT2D eigenvalue weighted by atomic mass is 10.1. The van der Waals surface area contributed by atoms with E-state index in [2.05, 4.69) is 42.5 Å². The standard InChI is InChI=1S/C20H26N2O3/c1-22(2)18(15-6-4-8-17(12-15)23-3)14-21-13-16-7-5-9-19-20(16)25-11-10-24-19/h4-9,12,18,21H,10-11,13-14H2,1-3H3. The normalized spacial score (nSPS) is 14.4. The molecule has 0 saturated heterocycles. The molecular weight excluding hydrogens is 316 g/mol. The number of benzene rings is 2. The number of nitrogens with zero attached hydrogens (tertiary/aromatic N) is 1. The molecule has 1 aliphatic rings. The van der Waals surface area contributed by atoms with Gasteiger partial charge in [-0.1, -0.05) is 24.3 Å². The fourth-order valence-electron chi connectivity index (χ4n) is 3.06. The highest BCUT2D eigenvalue weighted by atomic mass is 16.6. The molecule has 0 bridgehead atoms. The number of rotatable bonds is 7. The Bertz CT molecular complexity index is 703. The van der Waals surface area contributed by atoms with Crippen LogP contribution in [0.1, 0.15) is 17.2 Å². The summed E-state index contributed by atoms with van der Waals surface area (Å²) in [5.41, 5.74) is 2.35. The van der Waals surface area contributed by atoms with Gasteiger partial charge in [0.15, 0.2) is 11.5 Å². The quantitative estimate of drug-likeness (QED) is 0.838. The predicted molar refractivity (Wildman–Crippen MR) is 98.6 cm³/mol. The third kappa shape index (κ3) is 4.24. The van der Waals surface area contributed by atoms with Crippen molar-refractivity contribution in [2.24, 2.45) is 0 Å². The van der Waals surface area contributed by atoms with Gasteiger partial charge < -0.3 is 24.4 Å². The average molecular weight is 342 g/mol. The first kappa shape index (κ1) is 17.6. The second-order valence-electron chi connectivity index (χ2n) is 6.33. The van der Waals surface area contributed by atoms with E-state index in [1.165, 1.54) is 5.56 Å². The summed E-state index contributed by atoms with van der Waals surface area (Å²) in [4.78, 5) is 2.21. The number of hydrogen-bond donors (Lipinski definition) is 1. The first-order chi connectivity index (χ1) is 12.2. The van der Waals surface area contributed by atoms with E-state index < -0.39 is 0 Å². The maximum atomic E-state index is 5.78. The Hall–Kier alpha value is -2.24. The van der Waals surface area contributed by atoms with Gasteiger partial charge >= 0.3 is 0 Å². The summed E-state index contributed by atoms with van der Waals surface area (Å²) in [7, 11) is 5.88. The van der Waals surface area contributed by atoms with Crippen molar-refractivity contribution >= 4 is 0 Å². The van der Waals surface area contributed by atoms with Gasteiger partial charge in [0.2, 0.25) is 0 Å². The van der Waals surface area contributed by atoms with Crippen LogP contribution in [-0.4, -0.2) is 45.9 Å². The van der Waals surface area contributed by atoms with Gasteiger partial charge in [0.05, 0.1) is 7.11 Å². The van der Waals surface area contributed by atoms with E-state index in [1.807, 2.05) is 24.3 Å². The first-order valence-corrected chi connectivity index (χ1v) is 8.57. The zero-order valence-electron chi connectivity index (χ0n) is 15.1. The highest BCUT2D eigenvalue weighted by molar-refractivity contribution is 5.47. The molecule has 0 radical (unpaired) electrons. The zero-order valence-corrected chi connectivity index (χ0v) is 15.1. The van der Waals surface area contributed by atoms with Gasteiger partial charge in [-0.15, -0.1) is 0 Å². The molecule has 0 spiro atoms. The van der Waals surface area contributed by atoms with Gasteiger partial charge in [0.25, 0.3) is 0 Å².